The van der Waals surface area contributed by atoms with Crippen molar-refractivity contribution in [3.05, 3.63) is 65.2 Å². The number of carbonyl (C=O) groups is 3. The molecule has 0 aromatic heterocycles. The molecule has 1 saturated carbocycles. The van der Waals surface area contributed by atoms with E-state index in [9.17, 15) is 14.4 Å². The van der Waals surface area contributed by atoms with Crippen molar-refractivity contribution in [2.75, 3.05) is 11.9 Å². The summed E-state index contributed by atoms with van der Waals surface area (Å²) in [6.07, 6.45) is 4.34. The summed E-state index contributed by atoms with van der Waals surface area (Å²) in [4.78, 5) is 37.3. The number of amides is 2. The van der Waals surface area contributed by atoms with E-state index in [0.717, 1.165) is 24.8 Å². The van der Waals surface area contributed by atoms with Gasteiger partial charge in [-0.1, -0.05) is 49.6 Å². The van der Waals surface area contributed by atoms with Crippen LogP contribution in [0.5, 0.6) is 0 Å². The molecule has 6 heteroatoms. The van der Waals surface area contributed by atoms with Gasteiger partial charge in [0.2, 0.25) is 0 Å². The van der Waals surface area contributed by atoms with E-state index in [1.807, 2.05) is 13.0 Å². The van der Waals surface area contributed by atoms with Crippen LogP contribution >= 0.6 is 0 Å². The lowest BCUT2D eigenvalue weighted by atomic mass is 9.86. The first-order chi connectivity index (χ1) is 14.4. The van der Waals surface area contributed by atoms with Crippen LogP contribution in [0.15, 0.2) is 48.5 Å². The number of hydrogen-bond donors (Lipinski definition) is 2. The fourth-order valence-corrected chi connectivity index (χ4v) is 3.74. The molecule has 2 atom stereocenters. The molecule has 2 amide bonds. The number of rotatable bonds is 6. The molecule has 2 aromatic carbocycles. The first-order valence-electron chi connectivity index (χ1n) is 10.4. The lowest BCUT2D eigenvalue weighted by Crippen LogP contribution is -2.42. The molecule has 2 aromatic rings. The van der Waals surface area contributed by atoms with E-state index in [1.165, 1.54) is 6.42 Å². The van der Waals surface area contributed by atoms with Crippen LogP contribution in [-0.4, -0.2) is 30.4 Å². The Morgan fingerprint density at radius 3 is 2.57 bits per heavy atom. The molecule has 1 aliphatic rings. The molecule has 0 heterocycles. The molecule has 1 aliphatic carbocycles. The molecule has 158 valence electrons. The van der Waals surface area contributed by atoms with E-state index in [1.54, 1.807) is 42.5 Å². The SMILES string of the molecule is Cc1cccc(C(=O)Nc2ccccc2C(=O)OCC(=O)N[C@H]2CCCC[C@@H]2C)c1. The van der Waals surface area contributed by atoms with Gasteiger partial charge < -0.3 is 15.4 Å². The molecule has 6 nitrogen and oxygen atoms in total. The van der Waals surface area contributed by atoms with Crippen LogP contribution in [0, 0.1) is 12.8 Å². The van der Waals surface area contributed by atoms with Crippen molar-refractivity contribution in [2.24, 2.45) is 5.92 Å². The maximum Gasteiger partial charge on any atom is 0.340 e. The zero-order valence-corrected chi connectivity index (χ0v) is 17.4. The largest absolute Gasteiger partial charge is 0.452 e. The van der Waals surface area contributed by atoms with E-state index >= 15 is 0 Å². The highest BCUT2D eigenvalue weighted by atomic mass is 16.5. The lowest BCUT2D eigenvalue weighted by molar-refractivity contribution is -0.125. The fourth-order valence-electron chi connectivity index (χ4n) is 3.74. The zero-order chi connectivity index (χ0) is 21.5. The van der Waals surface area contributed by atoms with Crippen LogP contribution in [0.4, 0.5) is 5.69 Å². The van der Waals surface area contributed by atoms with E-state index < -0.39 is 5.97 Å². The predicted octanol–water partition coefficient (Wildman–Crippen LogP) is 4.10. The predicted molar refractivity (Wildman–Crippen MR) is 115 cm³/mol. The first-order valence-corrected chi connectivity index (χ1v) is 10.4. The normalized spacial score (nSPS) is 18.3. The number of nitrogens with one attached hydrogen (secondary N) is 2. The fraction of sp³-hybridized carbons (Fsp3) is 0.375. The van der Waals surface area contributed by atoms with Crippen LogP contribution in [-0.2, 0) is 9.53 Å². The zero-order valence-electron chi connectivity index (χ0n) is 17.4. The molecule has 3 rings (SSSR count). The van der Waals surface area contributed by atoms with Gasteiger partial charge in [0.15, 0.2) is 6.61 Å². The average Bonchev–Trinajstić information content (AvgIpc) is 2.74. The summed E-state index contributed by atoms with van der Waals surface area (Å²) >= 11 is 0. The highest BCUT2D eigenvalue weighted by molar-refractivity contribution is 6.08. The molecular weight excluding hydrogens is 380 g/mol. The van der Waals surface area contributed by atoms with Gasteiger partial charge in [-0.25, -0.2) is 4.79 Å². The number of benzene rings is 2. The van der Waals surface area contributed by atoms with Gasteiger partial charge in [-0.2, -0.15) is 0 Å². The molecule has 1 fully saturated rings. The van der Waals surface area contributed by atoms with Crippen molar-refractivity contribution in [1.82, 2.24) is 5.32 Å². The number of ether oxygens (including phenoxy) is 1. The Bertz CT molecular complexity index is 925. The van der Waals surface area contributed by atoms with Crippen LogP contribution < -0.4 is 10.6 Å². The van der Waals surface area contributed by atoms with Crippen LogP contribution in [0.25, 0.3) is 0 Å². The van der Waals surface area contributed by atoms with E-state index in [2.05, 4.69) is 17.6 Å². The summed E-state index contributed by atoms with van der Waals surface area (Å²) in [6, 6.07) is 13.9. The maximum absolute atomic E-state index is 12.5. The van der Waals surface area contributed by atoms with Gasteiger partial charge in [0.1, 0.15) is 0 Å². The summed E-state index contributed by atoms with van der Waals surface area (Å²) in [6.45, 7) is 3.69. The van der Waals surface area contributed by atoms with Gasteiger partial charge in [-0.3, -0.25) is 9.59 Å². The molecule has 0 spiro atoms. The van der Waals surface area contributed by atoms with Gasteiger partial charge >= 0.3 is 5.97 Å². The van der Waals surface area contributed by atoms with Crippen molar-refractivity contribution >= 4 is 23.5 Å². The minimum atomic E-state index is -0.651. The van der Waals surface area contributed by atoms with Gasteiger partial charge in [-0.15, -0.1) is 0 Å². The highest BCUT2D eigenvalue weighted by Crippen LogP contribution is 2.23. The van der Waals surface area contributed by atoms with Crippen molar-refractivity contribution in [3.63, 3.8) is 0 Å². The average molecular weight is 408 g/mol. The number of anilines is 1. The lowest BCUT2D eigenvalue weighted by Gasteiger charge is -2.29. The van der Waals surface area contributed by atoms with Crippen molar-refractivity contribution < 1.29 is 19.1 Å². The number of aryl methyl sites for hydroxylation is 1. The third-order valence-electron chi connectivity index (χ3n) is 5.47. The molecule has 2 N–H and O–H groups in total. The summed E-state index contributed by atoms with van der Waals surface area (Å²) in [7, 11) is 0. The Hall–Kier alpha value is -3.15. The minimum Gasteiger partial charge on any atom is -0.452 e. The molecule has 30 heavy (non-hydrogen) atoms. The molecular formula is C24H28N2O4. The van der Waals surface area contributed by atoms with E-state index in [0.29, 0.717) is 17.2 Å². The Balaban J connectivity index is 1.59. The monoisotopic (exact) mass is 408 g/mol. The Morgan fingerprint density at radius 2 is 1.80 bits per heavy atom. The second-order valence-corrected chi connectivity index (χ2v) is 7.88. The minimum absolute atomic E-state index is 0.130. The molecule has 0 aliphatic heterocycles. The number of esters is 1. The number of para-hydroxylation sites is 1. The Morgan fingerprint density at radius 1 is 1.03 bits per heavy atom. The van der Waals surface area contributed by atoms with E-state index in [4.69, 9.17) is 4.74 Å². The Labute approximate surface area is 177 Å². The molecule has 0 radical (unpaired) electrons. The second-order valence-electron chi connectivity index (χ2n) is 7.88. The maximum atomic E-state index is 12.5. The third kappa shape index (κ3) is 5.69. The van der Waals surface area contributed by atoms with Crippen LogP contribution in [0.1, 0.15) is 58.9 Å². The quantitative estimate of drug-likeness (QED) is 0.705. The van der Waals surface area contributed by atoms with E-state index in [-0.39, 0.29) is 30.0 Å². The first kappa shape index (κ1) is 21.6. The standard InChI is InChI=1S/C24H28N2O4/c1-16-8-7-10-18(14-16)23(28)26-21-13-6-4-11-19(21)24(29)30-15-22(27)25-20-12-5-3-9-17(20)2/h4,6-8,10-11,13-14,17,20H,3,5,9,12,15H2,1-2H3,(H,25,27)(H,26,28)/t17-,20-/m0/s1. The summed E-state index contributed by atoms with van der Waals surface area (Å²) < 4.78 is 5.21. The van der Waals surface area contributed by atoms with Gasteiger partial charge in [0.25, 0.3) is 11.8 Å². The molecule has 0 saturated heterocycles. The Kier molecular flexibility index (Phi) is 7.22. The van der Waals surface area contributed by atoms with Crippen molar-refractivity contribution in [2.45, 2.75) is 45.6 Å². The topological polar surface area (TPSA) is 84.5 Å². The van der Waals surface area contributed by atoms with Crippen molar-refractivity contribution in [1.29, 1.82) is 0 Å². The molecule has 0 unspecified atom stereocenters. The second kappa shape index (κ2) is 10.1. The van der Waals surface area contributed by atoms with Gasteiger partial charge in [0, 0.05) is 11.6 Å². The van der Waals surface area contributed by atoms with Crippen LogP contribution in [0.3, 0.4) is 0 Å². The summed E-state index contributed by atoms with van der Waals surface area (Å²) in [5.41, 5.74) is 2.01. The summed E-state index contributed by atoms with van der Waals surface area (Å²) in [5.74, 6) is -0.843. The summed E-state index contributed by atoms with van der Waals surface area (Å²) in [5, 5.41) is 5.72. The van der Waals surface area contributed by atoms with Crippen molar-refractivity contribution in [3.8, 4) is 0 Å². The van der Waals surface area contributed by atoms with Crippen LogP contribution in [0.2, 0.25) is 0 Å². The van der Waals surface area contributed by atoms with Gasteiger partial charge in [0.05, 0.1) is 11.3 Å². The third-order valence-corrected chi connectivity index (χ3v) is 5.47. The van der Waals surface area contributed by atoms with Gasteiger partial charge in [-0.05, 0) is 49.9 Å². The number of hydrogen-bond acceptors (Lipinski definition) is 4. The molecule has 0 bridgehead atoms. The number of carbonyl (C=O) groups excluding carboxylic acids is 3. The highest BCUT2D eigenvalue weighted by Gasteiger charge is 2.23. The smallest absolute Gasteiger partial charge is 0.340 e.